The first-order valence-electron chi connectivity index (χ1n) is 15.8. The molecule has 5 aliphatic rings. The third-order valence-corrected chi connectivity index (χ3v) is 13.2. The van der Waals surface area contributed by atoms with Crippen LogP contribution in [0.5, 0.6) is 0 Å². The zero-order valence-electron chi connectivity index (χ0n) is 25.8. The van der Waals surface area contributed by atoms with Crippen molar-refractivity contribution in [3.8, 4) is 0 Å². The zero-order valence-corrected chi connectivity index (χ0v) is 25.8. The first kappa shape index (κ1) is 30.7. The second kappa shape index (κ2) is 9.62. The van der Waals surface area contributed by atoms with Crippen LogP contribution in [0.1, 0.15) is 113 Å². The Labute approximate surface area is 240 Å². The maximum Gasteiger partial charge on any atom is 0.303 e. The number of hydrogen-bond acceptors (Lipinski definition) is 8. The highest BCUT2D eigenvalue weighted by Crippen LogP contribution is 2.77. The Balaban J connectivity index is 1.54. The van der Waals surface area contributed by atoms with Gasteiger partial charge in [-0.15, -0.1) is 0 Å². The van der Waals surface area contributed by atoms with Gasteiger partial charge in [-0.3, -0.25) is 4.79 Å². The molecule has 13 atom stereocenters. The van der Waals surface area contributed by atoms with Crippen LogP contribution in [-0.2, 0) is 14.3 Å². The van der Waals surface area contributed by atoms with Crippen molar-refractivity contribution in [3.05, 3.63) is 0 Å². The van der Waals surface area contributed by atoms with Crippen LogP contribution in [0.2, 0.25) is 0 Å². The molecule has 5 rings (SSSR count). The average Bonchev–Trinajstić information content (AvgIpc) is 3.00. The van der Waals surface area contributed by atoms with E-state index < -0.39 is 52.7 Å². The van der Waals surface area contributed by atoms with E-state index in [4.69, 9.17) is 15.2 Å². The molecule has 1 unspecified atom stereocenters. The predicted octanol–water partition coefficient (Wildman–Crippen LogP) is 3.65. The van der Waals surface area contributed by atoms with E-state index >= 15 is 0 Å². The first-order valence-corrected chi connectivity index (χ1v) is 15.8. The summed E-state index contributed by atoms with van der Waals surface area (Å²) in [5.74, 6) is -2.28. The normalized spacial score (nSPS) is 53.6. The van der Waals surface area contributed by atoms with Crippen LogP contribution in [0.15, 0.2) is 0 Å². The molecule has 4 saturated carbocycles. The van der Waals surface area contributed by atoms with Crippen molar-refractivity contribution >= 4 is 5.97 Å². The standard InChI is InChI=1S/C32H55NO7/c1-18-16-21(25(27(3,4)37)39-19(2)34)40-32(38)24(18)28(5)14-15-31-13-9-8-10-23(35)30(7,33)20(17-31)11-12-22(31)29(28,6)26(32)36/h18,20-26,35-38H,8-17,33H2,1-7H3/t18-,20-,21-,22+,23+,24-,25-,26-,28-,29-,30?,31+,32-/m1/s1. The van der Waals surface area contributed by atoms with E-state index in [0.29, 0.717) is 6.42 Å². The van der Waals surface area contributed by atoms with Crippen molar-refractivity contribution in [2.75, 3.05) is 0 Å². The largest absolute Gasteiger partial charge is 0.457 e. The third-order valence-electron chi connectivity index (χ3n) is 13.2. The number of carbonyl (C=O) groups is 1. The van der Waals surface area contributed by atoms with Gasteiger partial charge in [0.2, 0.25) is 0 Å². The molecule has 0 amide bonds. The van der Waals surface area contributed by atoms with E-state index in [0.717, 1.165) is 57.8 Å². The molecular weight excluding hydrogens is 510 g/mol. The zero-order chi connectivity index (χ0) is 29.7. The number of carbonyl (C=O) groups excluding carboxylic acids is 1. The van der Waals surface area contributed by atoms with Crippen molar-refractivity contribution in [1.29, 1.82) is 0 Å². The molecule has 0 aromatic carbocycles. The van der Waals surface area contributed by atoms with Gasteiger partial charge in [-0.2, -0.15) is 0 Å². The Morgan fingerprint density at radius 2 is 1.75 bits per heavy atom. The monoisotopic (exact) mass is 565 g/mol. The number of hydrogen-bond donors (Lipinski definition) is 5. The summed E-state index contributed by atoms with van der Waals surface area (Å²) in [5, 5.41) is 46.7. The summed E-state index contributed by atoms with van der Waals surface area (Å²) >= 11 is 0. The Morgan fingerprint density at radius 1 is 1.07 bits per heavy atom. The Kier molecular flexibility index (Phi) is 7.38. The van der Waals surface area contributed by atoms with Crippen LogP contribution in [0.25, 0.3) is 0 Å². The second-order valence-corrected chi connectivity index (χ2v) is 15.9. The minimum Gasteiger partial charge on any atom is -0.457 e. The molecule has 1 heterocycles. The molecule has 0 radical (unpaired) electrons. The Bertz CT molecular complexity index is 996. The number of aliphatic hydroxyl groups excluding tert-OH is 2. The van der Waals surface area contributed by atoms with Crippen LogP contribution in [0, 0.1) is 39.9 Å². The smallest absolute Gasteiger partial charge is 0.303 e. The molecule has 8 nitrogen and oxygen atoms in total. The molecule has 1 spiro atoms. The fourth-order valence-corrected chi connectivity index (χ4v) is 11.2. The van der Waals surface area contributed by atoms with Gasteiger partial charge in [0.25, 0.3) is 0 Å². The van der Waals surface area contributed by atoms with Crippen LogP contribution < -0.4 is 5.73 Å². The molecule has 0 aromatic rings. The number of fused-ring (bicyclic) bond motifs is 5. The maximum absolute atomic E-state index is 12.5. The molecule has 5 fully saturated rings. The minimum absolute atomic E-state index is 0.0112. The van der Waals surface area contributed by atoms with Crippen LogP contribution in [0.4, 0.5) is 0 Å². The highest BCUT2D eigenvalue weighted by Gasteiger charge is 2.79. The van der Waals surface area contributed by atoms with Crippen molar-refractivity contribution in [2.24, 2.45) is 45.7 Å². The quantitative estimate of drug-likeness (QED) is 0.327. The molecular formula is C32H55NO7. The lowest BCUT2D eigenvalue weighted by Crippen LogP contribution is -2.63. The summed E-state index contributed by atoms with van der Waals surface area (Å²) in [7, 11) is 0. The minimum atomic E-state index is -1.82. The molecule has 40 heavy (non-hydrogen) atoms. The summed E-state index contributed by atoms with van der Waals surface area (Å²) in [5.41, 5.74) is 3.84. The SMILES string of the molecule is CC(=O)O[C@H]([C@H]1C[C@@H](C)[C@H]2[C@@](O)(O1)[C@H](O)[C@@]1(C)[C@@H]3CC[C@@H]4C[C@]3(CCCC[C@H](O)C4(C)N)CC[C@]21C)C(C)(C)O. The van der Waals surface area contributed by atoms with Gasteiger partial charge in [-0.05, 0) is 101 Å². The van der Waals surface area contributed by atoms with Crippen LogP contribution in [0.3, 0.4) is 0 Å². The lowest BCUT2D eigenvalue weighted by Gasteiger charge is -2.65. The summed E-state index contributed by atoms with van der Waals surface area (Å²) in [4.78, 5) is 12.0. The number of rotatable bonds is 3. The molecule has 6 N–H and O–H groups in total. The molecule has 2 bridgehead atoms. The number of ether oxygens (including phenoxy) is 2. The molecule has 8 heteroatoms. The van der Waals surface area contributed by atoms with E-state index in [1.165, 1.54) is 6.92 Å². The average molecular weight is 566 g/mol. The van der Waals surface area contributed by atoms with E-state index in [2.05, 4.69) is 20.8 Å². The fraction of sp³-hybridized carbons (Fsp3) is 0.969. The van der Waals surface area contributed by atoms with Gasteiger partial charge in [0, 0.05) is 23.8 Å². The maximum atomic E-state index is 12.5. The van der Waals surface area contributed by atoms with Gasteiger partial charge in [0.15, 0.2) is 11.9 Å². The lowest BCUT2D eigenvalue weighted by molar-refractivity contribution is -0.342. The first-order chi connectivity index (χ1) is 18.3. The molecule has 1 aliphatic heterocycles. The number of nitrogens with two attached hydrogens (primary N) is 1. The van der Waals surface area contributed by atoms with Crippen LogP contribution in [-0.4, -0.2) is 67.7 Å². The number of esters is 1. The molecule has 0 aromatic heterocycles. The summed E-state index contributed by atoms with van der Waals surface area (Å²) in [6, 6.07) is 0. The van der Waals surface area contributed by atoms with Gasteiger partial charge in [-0.1, -0.05) is 33.6 Å². The molecule has 1 saturated heterocycles. The summed E-state index contributed by atoms with van der Waals surface area (Å²) in [6.45, 7) is 13.0. The highest BCUT2D eigenvalue weighted by atomic mass is 16.7. The predicted molar refractivity (Wildman–Crippen MR) is 151 cm³/mol. The topological polar surface area (TPSA) is 142 Å². The molecule has 4 aliphatic carbocycles. The molecule has 230 valence electrons. The van der Waals surface area contributed by atoms with Gasteiger partial charge in [0.1, 0.15) is 12.2 Å². The fourth-order valence-electron chi connectivity index (χ4n) is 11.2. The van der Waals surface area contributed by atoms with Crippen molar-refractivity contribution in [1.82, 2.24) is 0 Å². The van der Waals surface area contributed by atoms with Crippen LogP contribution >= 0.6 is 0 Å². The van der Waals surface area contributed by atoms with Gasteiger partial charge in [-0.25, -0.2) is 0 Å². The van der Waals surface area contributed by atoms with Crippen molar-refractivity contribution in [3.63, 3.8) is 0 Å². The summed E-state index contributed by atoms with van der Waals surface area (Å²) < 4.78 is 12.1. The van der Waals surface area contributed by atoms with E-state index in [1.807, 2.05) is 6.92 Å². The Morgan fingerprint density at radius 3 is 2.38 bits per heavy atom. The van der Waals surface area contributed by atoms with Crippen molar-refractivity contribution < 1.29 is 34.7 Å². The van der Waals surface area contributed by atoms with Gasteiger partial charge >= 0.3 is 5.97 Å². The van der Waals surface area contributed by atoms with Gasteiger partial charge < -0.3 is 35.6 Å². The number of aliphatic hydroxyl groups is 4. The lowest BCUT2D eigenvalue weighted by atomic mass is 9.40. The van der Waals surface area contributed by atoms with Gasteiger partial charge in [0.05, 0.1) is 11.7 Å². The highest BCUT2D eigenvalue weighted by molar-refractivity contribution is 5.66. The van der Waals surface area contributed by atoms with E-state index in [9.17, 15) is 25.2 Å². The van der Waals surface area contributed by atoms with E-state index in [1.54, 1.807) is 13.8 Å². The third kappa shape index (κ3) is 4.17. The van der Waals surface area contributed by atoms with E-state index in [-0.39, 0.29) is 34.5 Å². The Hall–Kier alpha value is -0.770. The second-order valence-electron chi connectivity index (χ2n) is 15.9. The summed E-state index contributed by atoms with van der Waals surface area (Å²) in [6.07, 6.45) is 5.48. The van der Waals surface area contributed by atoms with Crippen molar-refractivity contribution in [2.45, 2.75) is 154 Å².